The van der Waals surface area contributed by atoms with Gasteiger partial charge in [0.2, 0.25) is 5.91 Å². The Labute approximate surface area is 171 Å². The Morgan fingerprint density at radius 2 is 2.07 bits per heavy atom. The molecule has 0 fully saturated rings. The number of fused-ring (bicyclic) bond motifs is 1. The van der Waals surface area contributed by atoms with E-state index in [0.29, 0.717) is 22.7 Å². The zero-order valence-electron chi connectivity index (χ0n) is 16.3. The first-order valence-electron chi connectivity index (χ1n) is 9.18. The number of rotatable bonds is 7. The summed E-state index contributed by atoms with van der Waals surface area (Å²) in [6.07, 6.45) is 2.21. The molecule has 0 saturated heterocycles. The fourth-order valence-electron chi connectivity index (χ4n) is 2.73. The van der Waals surface area contributed by atoms with Gasteiger partial charge >= 0.3 is 6.61 Å². The van der Waals surface area contributed by atoms with Crippen molar-refractivity contribution >= 4 is 29.3 Å². The largest absolute Gasteiger partial charge is 0.490 e. The first-order chi connectivity index (χ1) is 14.4. The van der Waals surface area contributed by atoms with Crippen molar-refractivity contribution < 1.29 is 32.6 Å². The van der Waals surface area contributed by atoms with Crippen LogP contribution in [0.4, 0.5) is 20.2 Å². The number of benzene rings is 2. The van der Waals surface area contributed by atoms with Crippen molar-refractivity contribution in [1.29, 1.82) is 0 Å². The van der Waals surface area contributed by atoms with Gasteiger partial charge in [0.1, 0.15) is 5.75 Å². The molecule has 30 heavy (non-hydrogen) atoms. The summed E-state index contributed by atoms with van der Waals surface area (Å²) in [6.45, 7) is 0.660. The van der Waals surface area contributed by atoms with Gasteiger partial charge in [-0.25, -0.2) is 0 Å². The summed E-state index contributed by atoms with van der Waals surface area (Å²) >= 11 is 0. The fraction of sp³-hybridized carbons (Fsp3) is 0.238. The van der Waals surface area contributed by atoms with E-state index in [-0.39, 0.29) is 24.0 Å². The molecule has 0 aliphatic carbocycles. The predicted molar refractivity (Wildman–Crippen MR) is 107 cm³/mol. The molecule has 2 N–H and O–H groups in total. The minimum Gasteiger partial charge on any atom is -0.490 e. The van der Waals surface area contributed by atoms with Crippen LogP contribution in [0.1, 0.15) is 19.4 Å². The van der Waals surface area contributed by atoms with Crippen molar-refractivity contribution in [3.8, 4) is 17.2 Å². The minimum atomic E-state index is -2.97. The minimum absolute atomic E-state index is 0.0823. The number of carbonyl (C=O) groups excluding carboxylic acids is 2. The highest BCUT2D eigenvalue weighted by Crippen LogP contribution is 2.32. The molecular formula is C21H20F2N2O5. The van der Waals surface area contributed by atoms with E-state index in [1.807, 2.05) is 0 Å². The third-order valence-corrected chi connectivity index (χ3v) is 4.09. The van der Waals surface area contributed by atoms with E-state index in [1.165, 1.54) is 30.4 Å². The molecule has 0 unspecified atom stereocenters. The van der Waals surface area contributed by atoms with Crippen molar-refractivity contribution in [2.45, 2.75) is 26.6 Å². The molecule has 2 aromatic rings. The Kier molecular flexibility index (Phi) is 6.51. The monoisotopic (exact) mass is 418 g/mol. The van der Waals surface area contributed by atoms with E-state index in [4.69, 9.17) is 9.47 Å². The second-order valence-electron chi connectivity index (χ2n) is 6.30. The van der Waals surface area contributed by atoms with Gasteiger partial charge in [0, 0.05) is 11.8 Å². The lowest BCUT2D eigenvalue weighted by molar-refractivity contribution is -0.122. The molecule has 0 aromatic heterocycles. The fourth-order valence-corrected chi connectivity index (χ4v) is 2.73. The van der Waals surface area contributed by atoms with Crippen molar-refractivity contribution in [3.05, 3.63) is 48.0 Å². The highest BCUT2D eigenvalue weighted by Gasteiger charge is 2.23. The lowest BCUT2D eigenvalue weighted by Crippen LogP contribution is -2.34. The van der Waals surface area contributed by atoms with Gasteiger partial charge in [0.25, 0.3) is 5.91 Å². The van der Waals surface area contributed by atoms with Crippen LogP contribution < -0.4 is 24.8 Å². The van der Waals surface area contributed by atoms with Gasteiger partial charge < -0.3 is 24.8 Å². The van der Waals surface area contributed by atoms with Gasteiger partial charge in [0.15, 0.2) is 17.6 Å². The number of anilines is 2. The number of hydrogen-bond donors (Lipinski definition) is 2. The van der Waals surface area contributed by atoms with Crippen LogP contribution >= 0.6 is 0 Å². The topological polar surface area (TPSA) is 85.9 Å². The average molecular weight is 418 g/mol. The van der Waals surface area contributed by atoms with E-state index in [1.54, 1.807) is 32.0 Å². The van der Waals surface area contributed by atoms with Crippen LogP contribution in [0.25, 0.3) is 6.08 Å². The SMILES string of the molecule is CCOc1cc(/C=C/C(=O)Nc2ccc3c(c2)NC(=O)[C@H](C)O3)ccc1OC(F)F. The number of halogens is 2. The first kappa shape index (κ1) is 21.1. The van der Waals surface area contributed by atoms with Crippen LogP contribution in [0, 0.1) is 0 Å². The second-order valence-corrected chi connectivity index (χ2v) is 6.30. The molecule has 2 aromatic carbocycles. The standard InChI is InChI=1S/C21H20F2N2O5/c1-3-28-18-10-13(4-7-17(18)30-21(22)23)5-9-19(26)24-14-6-8-16-15(11-14)25-20(27)12(2)29-16/h4-12,21H,3H2,1-2H3,(H,24,26)(H,25,27)/b9-5+/t12-/m0/s1. The molecule has 3 rings (SSSR count). The van der Waals surface area contributed by atoms with Gasteiger partial charge in [-0.1, -0.05) is 6.07 Å². The Hall–Kier alpha value is -3.62. The Bertz CT molecular complexity index is 978. The Balaban J connectivity index is 1.68. The van der Waals surface area contributed by atoms with Gasteiger partial charge in [-0.3, -0.25) is 9.59 Å². The number of hydrogen-bond acceptors (Lipinski definition) is 5. The zero-order valence-corrected chi connectivity index (χ0v) is 16.3. The number of amides is 2. The van der Waals surface area contributed by atoms with E-state index in [0.717, 1.165) is 0 Å². The molecule has 9 heteroatoms. The van der Waals surface area contributed by atoms with Crippen molar-refractivity contribution in [1.82, 2.24) is 0 Å². The number of carbonyl (C=O) groups is 2. The number of alkyl halides is 2. The molecule has 158 valence electrons. The normalized spacial score (nSPS) is 15.4. The zero-order chi connectivity index (χ0) is 21.7. The molecule has 0 radical (unpaired) electrons. The summed E-state index contributed by atoms with van der Waals surface area (Å²) in [5, 5.41) is 5.38. The van der Waals surface area contributed by atoms with Crippen LogP contribution in [0.2, 0.25) is 0 Å². The van der Waals surface area contributed by atoms with E-state index >= 15 is 0 Å². The molecule has 2 amide bonds. The first-order valence-corrected chi connectivity index (χ1v) is 9.18. The van der Waals surface area contributed by atoms with Gasteiger partial charge in [0.05, 0.1) is 12.3 Å². The van der Waals surface area contributed by atoms with E-state index in [9.17, 15) is 18.4 Å². The molecule has 1 aliphatic rings. The smallest absolute Gasteiger partial charge is 0.387 e. The molecule has 1 heterocycles. The van der Waals surface area contributed by atoms with Crippen LogP contribution in [0.15, 0.2) is 42.5 Å². The van der Waals surface area contributed by atoms with Crippen LogP contribution in [0.3, 0.4) is 0 Å². The highest BCUT2D eigenvalue weighted by atomic mass is 19.3. The number of nitrogens with one attached hydrogen (secondary N) is 2. The van der Waals surface area contributed by atoms with Gasteiger partial charge in [-0.05, 0) is 55.8 Å². The van der Waals surface area contributed by atoms with Crippen molar-refractivity contribution in [3.63, 3.8) is 0 Å². The molecule has 0 spiro atoms. The second kappa shape index (κ2) is 9.25. The predicted octanol–water partition coefficient (Wildman–Crippen LogP) is 4.06. The molecule has 1 atom stereocenters. The maximum atomic E-state index is 12.5. The summed E-state index contributed by atoms with van der Waals surface area (Å²) in [4.78, 5) is 23.9. The van der Waals surface area contributed by atoms with E-state index < -0.39 is 18.6 Å². The third kappa shape index (κ3) is 5.25. The third-order valence-electron chi connectivity index (χ3n) is 4.09. The summed E-state index contributed by atoms with van der Waals surface area (Å²) in [7, 11) is 0. The van der Waals surface area contributed by atoms with Crippen molar-refractivity contribution in [2.24, 2.45) is 0 Å². The molecule has 0 saturated carbocycles. The summed E-state index contributed by atoms with van der Waals surface area (Å²) in [5.74, 6) is -0.0983. The summed E-state index contributed by atoms with van der Waals surface area (Å²) in [6, 6.07) is 9.27. The summed E-state index contributed by atoms with van der Waals surface area (Å²) < 4.78 is 40.1. The van der Waals surface area contributed by atoms with E-state index in [2.05, 4.69) is 15.4 Å². The molecule has 7 nitrogen and oxygen atoms in total. The Morgan fingerprint density at radius 1 is 1.27 bits per heavy atom. The molecule has 1 aliphatic heterocycles. The number of ether oxygens (including phenoxy) is 3. The Morgan fingerprint density at radius 3 is 2.80 bits per heavy atom. The maximum Gasteiger partial charge on any atom is 0.387 e. The lowest BCUT2D eigenvalue weighted by atomic mass is 10.2. The molecular weight excluding hydrogens is 398 g/mol. The van der Waals surface area contributed by atoms with Crippen LogP contribution in [-0.4, -0.2) is 31.1 Å². The van der Waals surface area contributed by atoms with Gasteiger partial charge in [-0.2, -0.15) is 8.78 Å². The average Bonchev–Trinajstić information content (AvgIpc) is 2.69. The van der Waals surface area contributed by atoms with Crippen LogP contribution in [-0.2, 0) is 9.59 Å². The summed E-state index contributed by atoms with van der Waals surface area (Å²) in [5.41, 5.74) is 1.50. The van der Waals surface area contributed by atoms with Gasteiger partial charge in [-0.15, -0.1) is 0 Å². The quantitative estimate of drug-likeness (QED) is 0.663. The lowest BCUT2D eigenvalue weighted by Gasteiger charge is -2.23. The highest BCUT2D eigenvalue weighted by molar-refractivity contribution is 6.03. The maximum absolute atomic E-state index is 12.5. The van der Waals surface area contributed by atoms with Crippen molar-refractivity contribution in [2.75, 3.05) is 17.2 Å². The van der Waals surface area contributed by atoms with Crippen LogP contribution in [0.5, 0.6) is 17.2 Å². The molecule has 0 bridgehead atoms.